The second-order valence-corrected chi connectivity index (χ2v) is 7.73. The standard InChI is InChI=1S/C21H29N5O/c1-17-3-2-4-19(15-17)25-13-11-24(12-14-25)16-20(27)26-9-5-18(6-10-26)21-22-7-8-23-21/h2-4,7-8,15,18H,5-6,9-14,16H2,1H3,(H,22,23). The second kappa shape index (κ2) is 8.13. The molecular weight excluding hydrogens is 338 g/mol. The molecule has 0 aliphatic carbocycles. The Morgan fingerprint density at radius 1 is 1.15 bits per heavy atom. The molecule has 0 atom stereocenters. The van der Waals surface area contributed by atoms with Crippen LogP contribution in [0.5, 0.6) is 0 Å². The van der Waals surface area contributed by atoms with Gasteiger partial charge in [0.15, 0.2) is 0 Å². The van der Waals surface area contributed by atoms with Gasteiger partial charge in [0.1, 0.15) is 5.82 Å². The number of hydrogen-bond acceptors (Lipinski definition) is 4. The van der Waals surface area contributed by atoms with E-state index in [0.717, 1.165) is 57.9 Å². The maximum atomic E-state index is 12.7. The Labute approximate surface area is 161 Å². The number of nitrogens with one attached hydrogen (secondary N) is 1. The Morgan fingerprint density at radius 2 is 1.93 bits per heavy atom. The van der Waals surface area contributed by atoms with Crippen LogP contribution in [-0.4, -0.2) is 71.5 Å². The van der Waals surface area contributed by atoms with Crippen LogP contribution >= 0.6 is 0 Å². The number of rotatable bonds is 4. The van der Waals surface area contributed by atoms with Gasteiger partial charge < -0.3 is 14.8 Å². The van der Waals surface area contributed by atoms with Gasteiger partial charge in [0.25, 0.3) is 0 Å². The van der Waals surface area contributed by atoms with E-state index in [1.165, 1.54) is 11.3 Å². The highest BCUT2D eigenvalue weighted by Crippen LogP contribution is 2.25. The fraction of sp³-hybridized carbons (Fsp3) is 0.524. The lowest BCUT2D eigenvalue weighted by atomic mass is 9.96. The van der Waals surface area contributed by atoms with Gasteiger partial charge in [0, 0.05) is 63.3 Å². The molecule has 6 heteroatoms. The van der Waals surface area contributed by atoms with Crippen molar-refractivity contribution in [3.05, 3.63) is 48.0 Å². The number of aromatic amines is 1. The average Bonchev–Trinajstić information content (AvgIpc) is 3.23. The number of nitrogens with zero attached hydrogens (tertiary/aromatic N) is 4. The number of amides is 1. The molecule has 2 aliphatic rings. The fourth-order valence-electron chi connectivity index (χ4n) is 4.18. The molecular formula is C21H29N5O. The van der Waals surface area contributed by atoms with Gasteiger partial charge in [-0.25, -0.2) is 4.98 Å². The predicted octanol–water partition coefficient (Wildman–Crippen LogP) is 2.25. The van der Waals surface area contributed by atoms with Gasteiger partial charge in [-0.2, -0.15) is 0 Å². The minimum atomic E-state index is 0.275. The molecule has 1 aromatic carbocycles. The zero-order chi connectivity index (χ0) is 18.6. The number of imidazole rings is 1. The maximum absolute atomic E-state index is 12.7. The van der Waals surface area contributed by atoms with Crippen LogP contribution in [0.1, 0.15) is 30.1 Å². The third-order valence-electron chi connectivity index (χ3n) is 5.85. The van der Waals surface area contributed by atoms with E-state index >= 15 is 0 Å². The molecule has 0 spiro atoms. The molecule has 1 aromatic heterocycles. The number of carbonyl (C=O) groups excluding carboxylic acids is 1. The van der Waals surface area contributed by atoms with Crippen LogP contribution in [0.2, 0.25) is 0 Å². The number of aromatic nitrogens is 2. The molecule has 0 unspecified atom stereocenters. The number of carbonyl (C=O) groups is 1. The monoisotopic (exact) mass is 367 g/mol. The summed E-state index contributed by atoms with van der Waals surface area (Å²) in [6.07, 6.45) is 5.69. The van der Waals surface area contributed by atoms with E-state index in [1.807, 2.05) is 17.3 Å². The number of anilines is 1. The van der Waals surface area contributed by atoms with Crippen molar-refractivity contribution in [2.24, 2.45) is 0 Å². The van der Waals surface area contributed by atoms with Crippen molar-refractivity contribution >= 4 is 11.6 Å². The lowest BCUT2D eigenvalue weighted by molar-refractivity contribution is -0.133. The van der Waals surface area contributed by atoms with Gasteiger partial charge >= 0.3 is 0 Å². The molecule has 0 radical (unpaired) electrons. The Hall–Kier alpha value is -2.34. The van der Waals surface area contributed by atoms with Crippen molar-refractivity contribution in [2.45, 2.75) is 25.7 Å². The summed E-state index contributed by atoms with van der Waals surface area (Å²) in [7, 11) is 0. The first kappa shape index (κ1) is 18.0. The minimum Gasteiger partial charge on any atom is -0.369 e. The summed E-state index contributed by atoms with van der Waals surface area (Å²) in [5, 5.41) is 0. The van der Waals surface area contributed by atoms with Gasteiger partial charge in [-0.15, -0.1) is 0 Å². The van der Waals surface area contributed by atoms with E-state index in [1.54, 1.807) is 0 Å². The summed E-state index contributed by atoms with van der Waals surface area (Å²) < 4.78 is 0. The third-order valence-corrected chi connectivity index (χ3v) is 5.85. The van der Waals surface area contributed by atoms with E-state index in [0.29, 0.717) is 12.5 Å². The van der Waals surface area contributed by atoms with E-state index in [2.05, 4.69) is 51.0 Å². The molecule has 4 rings (SSSR count). The first-order valence-electron chi connectivity index (χ1n) is 10.00. The normalized spacial score (nSPS) is 19.4. The Bertz CT molecular complexity index is 744. The topological polar surface area (TPSA) is 55.5 Å². The van der Waals surface area contributed by atoms with Crippen molar-refractivity contribution in [3.63, 3.8) is 0 Å². The molecule has 2 aromatic rings. The van der Waals surface area contributed by atoms with Gasteiger partial charge in [0.05, 0.1) is 6.54 Å². The summed E-state index contributed by atoms with van der Waals surface area (Å²) in [4.78, 5) is 27.0. The molecule has 2 saturated heterocycles. The number of piperazine rings is 1. The second-order valence-electron chi connectivity index (χ2n) is 7.73. The molecule has 0 bridgehead atoms. The number of likely N-dealkylation sites (tertiary alicyclic amines) is 1. The minimum absolute atomic E-state index is 0.275. The first-order valence-corrected chi connectivity index (χ1v) is 10.00. The van der Waals surface area contributed by atoms with Crippen molar-refractivity contribution in [2.75, 3.05) is 50.7 Å². The summed E-state index contributed by atoms with van der Waals surface area (Å²) in [6.45, 7) is 8.22. The Kier molecular flexibility index (Phi) is 5.43. The number of piperidine rings is 1. The number of H-pyrrole nitrogens is 1. The van der Waals surface area contributed by atoms with Crippen LogP contribution in [0.25, 0.3) is 0 Å². The predicted molar refractivity (Wildman–Crippen MR) is 107 cm³/mol. The first-order chi connectivity index (χ1) is 13.2. The molecule has 27 heavy (non-hydrogen) atoms. The lowest BCUT2D eigenvalue weighted by Gasteiger charge is -2.37. The zero-order valence-electron chi connectivity index (χ0n) is 16.1. The summed E-state index contributed by atoms with van der Waals surface area (Å²) in [5.74, 6) is 1.80. The van der Waals surface area contributed by atoms with Crippen molar-refractivity contribution < 1.29 is 4.79 Å². The van der Waals surface area contributed by atoms with Crippen LogP contribution in [-0.2, 0) is 4.79 Å². The number of benzene rings is 1. The third kappa shape index (κ3) is 4.33. The Morgan fingerprint density at radius 3 is 2.59 bits per heavy atom. The van der Waals surface area contributed by atoms with E-state index in [-0.39, 0.29) is 5.91 Å². The zero-order valence-corrected chi connectivity index (χ0v) is 16.1. The molecule has 144 valence electrons. The van der Waals surface area contributed by atoms with Crippen molar-refractivity contribution in [1.82, 2.24) is 19.8 Å². The van der Waals surface area contributed by atoms with Crippen LogP contribution in [0.3, 0.4) is 0 Å². The molecule has 1 amide bonds. The maximum Gasteiger partial charge on any atom is 0.236 e. The van der Waals surface area contributed by atoms with Gasteiger partial charge in [0.2, 0.25) is 5.91 Å². The van der Waals surface area contributed by atoms with E-state index in [9.17, 15) is 4.79 Å². The average molecular weight is 367 g/mol. The molecule has 2 fully saturated rings. The van der Waals surface area contributed by atoms with Gasteiger partial charge in [-0.05, 0) is 37.5 Å². The molecule has 2 aliphatic heterocycles. The highest BCUT2D eigenvalue weighted by atomic mass is 16.2. The summed E-state index contributed by atoms with van der Waals surface area (Å²) in [5.41, 5.74) is 2.59. The highest BCUT2D eigenvalue weighted by molar-refractivity contribution is 5.78. The van der Waals surface area contributed by atoms with Crippen molar-refractivity contribution in [1.29, 1.82) is 0 Å². The molecule has 3 heterocycles. The summed E-state index contributed by atoms with van der Waals surface area (Å²) in [6, 6.07) is 8.67. The van der Waals surface area contributed by atoms with E-state index < -0.39 is 0 Å². The number of hydrogen-bond donors (Lipinski definition) is 1. The van der Waals surface area contributed by atoms with Gasteiger partial charge in [-0.1, -0.05) is 12.1 Å². The van der Waals surface area contributed by atoms with Crippen LogP contribution < -0.4 is 4.90 Å². The van der Waals surface area contributed by atoms with E-state index in [4.69, 9.17) is 0 Å². The highest BCUT2D eigenvalue weighted by Gasteiger charge is 2.27. The summed E-state index contributed by atoms with van der Waals surface area (Å²) >= 11 is 0. The smallest absolute Gasteiger partial charge is 0.236 e. The van der Waals surface area contributed by atoms with Crippen LogP contribution in [0.4, 0.5) is 5.69 Å². The van der Waals surface area contributed by atoms with Crippen LogP contribution in [0, 0.1) is 6.92 Å². The van der Waals surface area contributed by atoms with Gasteiger partial charge in [-0.3, -0.25) is 9.69 Å². The molecule has 1 N–H and O–H groups in total. The van der Waals surface area contributed by atoms with Crippen LogP contribution in [0.15, 0.2) is 36.7 Å². The molecule has 0 saturated carbocycles. The fourth-order valence-corrected chi connectivity index (χ4v) is 4.18. The molecule has 6 nitrogen and oxygen atoms in total. The SMILES string of the molecule is Cc1cccc(N2CCN(CC(=O)N3CCC(c4ncc[nH]4)CC3)CC2)c1. The Balaban J connectivity index is 1.23. The quantitative estimate of drug-likeness (QED) is 0.901. The van der Waals surface area contributed by atoms with Crippen molar-refractivity contribution in [3.8, 4) is 0 Å². The lowest BCUT2D eigenvalue weighted by Crippen LogP contribution is -2.51. The number of aryl methyl sites for hydroxylation is 1. The largest absolute Gasteiger partial charge is 0.369 e.